The van der Waals surface area contributed by atoms with E-state index in [0.717, 1.165) is 6.07 Å². The summed E-state index contributed by atoms with van der Waals surface area (Å²) in [6.45, 7) is 0. The molecule has 0 aliphatic carbocycles. The zero-order chi connectivity index (χ0) is 13.1. The molecule has 0 bridgehead atoms. The Morgan fingerprint density at radius 1 is 1.22 bits per heavy atom. The lowest BCUT2D eigenvalue weighted by atomic mass is 10.3. The van der Waals surface area contributed by atoms with Gasteiger partial charge >= 0.3 is 0 Å². The first kappa shape index (κ1) is 12.6. The van der Waals surface area contributed by atoms with E-state index in [1.54, 1.807) is 24.3 Å². The van der Waals surface area contributed by atoms with Crippen molar-refractivity contribution in [2.75, 3.05) is 0 Å². The predicted octanol–water partition coefficient (Wildman–Crippen LogP) is 4.09. The summed E-state index contributed by atoms with van der Waals surface area (Å²) in [6, 6.07) is 8.92. The molecule has 1 aromatic heterocycles. The Hall–Kier alpha value is -1.85. The predicted molar refractivity (Wildman–Crippen MR) is 67.4 cm³/mol. The second-order valence-electron chi connectivity index (χ2n) is 3.30. The molecule has 0 unspecified atom stereocenters. The van der Waals surface area contributed by atoms with E-state index in [1.807, 2.05) is 0 Å². The highest BCUT2D eigenvalue weighted by Gasteiger charge is 2.11. The molecule has 0 aliphatic heterocycles. The van der Waals surface area contributed by atoms with Gasteiger partial charge in [-0.15, -0.1) is 0 Å². The van der Waals surface area contributed by atoms with Crippen LogP contribution in [0.1, 0.15) is 0 Å². The average molecular weight is 285 g/mol. The van der Waals surface area contributed by atoms with Crippen LogP contribution < -0.4 is 4.74 Å². The molecule has 0 atom stereocenters. The van der Waals surface area contributed by atoms with Gasteiger partial charge < -0.3 is 4.74 Å². The van der Waals surface area contributed by atoms with Crippen LogP contribution in [-0.2, 0) is 0 Å². The first-order chi connectivity index (χ1) is 8.54. The van der Waals surface area contributed by atoms with E-state index in [0.29, 0.717) is 10.8 Å². The van der Waals surface area contributed by atoms with Gasteiger partial charge in [0.15, 0.2) is 0 Å². The molecule has 5 nitrogen and oxygen atoms in total. The number of hydrogen-bond donors (Lipinski definition) is 0. The van der Waals surface area contributed by atoms with Gasteiger partial charge in [-0.2, -0.15) is 0 Å². The van der Waals surface area contributed by atoms with Gasteiger partial charge in [-0.1, -0.05) is 29.3 Å². The topological polar surface area (TPSA) is 65.3 Å². The molecule has 0 saturated heterocycles. The Balaban J connectivity index is 2.31. The number of ether oxygens (including phenoxy) is 1. The largest absolute Gasteiger partial charge is 0.439 e. The summed E-state index contributed by atoms with van der Waals surface area (Å²) in [5, 5.41) is 11.1. The van der Waals surface area contributed by atoms with Crippen LogP contribution in [0.4, 0.5) is 5.69 Å². The quantitative estimate of drug-likeness (QED) is 0.484. The van der Waals surface area contributed by atoms with Crippen molar-refractivity contribution in [3.8, 4) is 11.6 Å². The normalized spacial score (nSPS) is 10.1. The maximum atomic E-state index is 10.7. The van der Waals surface area contributed by atoms with Crippen LogP contribution >= 0.6 is 23.2 Å². The van der Waals surface area contributed by atoms with E-state index in [-0.39, 0.29) is 16.7 Å². The van der Waals surface area contributed by atoms with Gasteiger partial charge in [0.25, 0.3) is 5.69 Å². The zero-order valence-electron chi connectivity index (χ0n) is 8.84. The summed E-state index contributed by atoms with van der Waals surface area (Å²) in [7, 11) is 0. The fourth-order valence-electron chi connectivity index (χ4n) is 1.27. The van der Waals surface area contributed by atoms with Crippen molar-refractivity contribution in [3.05, 3.63) is 56.7 Å². The van der Waals surface area contributed by atoms with Gasteiger partial charge in [0.2, 0.25) is 5.88 Å². The highest BCUT2D eigenvalue weighted by Crippen LogP contribution is 2.27. The average Bonchev–Trinajstić information content (AvgIpc) is 2.28. The Bertz CT molecular complexity index is 605. The maximum Gasteiger partial charge on any atom is 0.277 e. The number of halogens is 2. The highest BCUT2D eigenvalue weighted by atomic mass is 35.5. The lowest BCUT2D eigenvalue weighted by Crippen LogP contribution is -1.93. The minimum absolute atomic E-state index is 0.0128. The number of pyridine rings is 1. The molecule has 0 fully saturated rings. The summed E-state index contributed by atoms with van der Waals surface area (Å²) in [5.41, 5.74) is -0.188. The van der Waals surface area contributed by atoms with Crippen molar-refractivity contribution >= 4 is 28.9 Å². The van der Waals surface area contributed by atoms with Crippen molar-refractivity contribution in [3.63, 3.8) is 0 Å². The number of aromatic nitrogens is 1. The molecular formula is C11H6Cl2N2O3. The molecule has 1 aromatic carbocycles. The molecule has 7 heteroatoms. The smallest absolute Gasteiger partial charge is 0.277 e. The summed E-state index contributed by atoms with van der Waals surface area (Å²) in [5.74, 6) is 0.461. The Morgan fingerprint density at radius 3 is 2.67 bits per heavy atom. The monoisotopic (exact) mass is 284 g/mol. The second kappa shape index (κ2) is 5.20. The highest BCUT2D eigenvalue weighted by molar-refractivity contribution is 6.30. The number of benzene rings is 1. The fourth-order valence-corrected chi connectivity index (χ4v) is 1.64. The van der Waals surface area contributed by atoms with Crippen LogP contribution in [0.15, 0.2) is 36.4 Å². The van der Waals surface area contributed by atoms with E-state index in [2.05, 4.69) is 4.98 Å². The van der Waals surface area contributed by atoms with E-state index < -0.39 is 4.92 Å². The van der Waals surface area contributed by atoms with Crippen molar-refractivity contribution < 1.29 is 9.66 Å². The molecule has 0 aliphatic rings. The maximum absolute atomic E-state index is 10.7. The van der Waals surface area contributed by atoms with Crippen molar-refractivity contribution in [2.24, 2.45) is 0 Å². The third-order valence-electron chi connectivity index (χ3n) is 1.98. The number of hydrogen-bond acceptors (Lipinski definition) is 4. The third-order valence-corrected chi connectivity index (χ3v) is 2.41. The number of rotatable bonds is 3. The second-order valence-corrected chi connectivity index (χ2v) is 4.13. The number of nitro groups is 1. The minimum atomic E-state index is -0.571. The van der Waals surface area contributed by atoms with Crippen LogP contribution in [0.25, 0.3) is 0 Å². The Kier molecular flexibility index (Phi) is 3.64. The SMILES string of the molecule is O=[N+]([O-])c1cc(Cl)nc(Oc2cccc(Cl)c2)c1. The van der Waals surface area contributed by atoms with Gasteiger partial charge in [0.1, 0.15) is 10.9 Å². The van der Waals surface area contributed by atoms with Crippen molar-refractivity contribution in [1.29, 1.82) is 0 Å². The van der Waals surface area contributed by atoms with E-state index in [9.17, 15) is 10.1 Å². The summed E-state index contributed by atoms with van der Waals surface area (Å²) < 4.78 is 5.35. The molecule has 0 N–H and O–H groups in total. The van der Waals surface area contributed by atoms with Crippen molar-refractivity contribution in [1.82, 2.24) is 4.98 Å². The van der Waals surface area contributed by atoms with E-state index in [1.165, 1.54) is 6.07 Å². The minimum Gasteiger partial charge on any atom is -0.439 e. The fraction of sp³-hybridized carbons (Fsp3) is 0. The van der Waals surface area contributed by atoms with Crippen molar-refractivity contribution in [2.45, 2.75) is 0 Å². The summed E-state index contributed by atoms with van der Waals surface area (Å²) >= 11 is 11.5. The standard InChI is InChI=1S/C11H6Cl2N2O3/c12-7-2-1-3-9(4-7)18-11-6-8(15(16)17)5-10(13)14-11/h1-6H. The molecule has 18 heavy (non-hydrogen) atoms. The van der Waals surface area contributed by atoms with Gasteiger partial charge in [0.05, 0.1) is 17.1 Å². The number of nitrogens with zero attached hydrogens (tertiary/aromatic N) is 2. The van der Waals surface area contributed by atoms with Crippen LogP contribution in [-0.4, -0.2) is 9.91 Å². The van der Waals surface area contributed by atoms with Crippen LogP contribution in [0.2, 0.25) is 10.2 Å². The Labute approximate surface area is 112 Å². The summed E-state index contributed by atoms with van der Waals surface area (Å²) in [6.07, 6.45) is 0. The first-order valence-corrected chi connectivity index (χ1v) is 5.55. The van der Waals surface area contributed by atoms with E-state index >= 15 is 0 Å². The molecule has 0 spiro atoms. The lowest BCUT2D eigenvalue weighted by Gasteiger charge is -2.05. The Morgan fingerprint density at radius 2 is 2.00 bits per heavy atom. The third kappa shape index (κ3) is 3.09. The van der Waals surface area contributed by atoms with Crippen LogP contribution in [0.3, 0.4) is 0 Å². The van der Waals surface area contributed by atoms with Crippen LogP contribution in [0, 0.1) is 10.1 Å². The molecule has 2 rings (SSSR count). The van der Waals surface area contributed by atoms with E-state index in [4.69, 9.17) is 27.9 Å². The molecule has 0 radical (unpaired) electrons. The lowest BCUT2D eigenvalue weighted by molar-refractivity contribution is -0.385. The zero-order valence-corrected chi connectivity index (χ0v) is 10.4. The summed E-state index contributed by atoms with van der Waals surface area (Å²) in [4.78, 5) is 13.9. The van der Waals surface area contributed by atoms with Crippen LogP contribution in [0.5, 0.6) is 11.6 Å². The van der Waals surface area contributed by atoms with Gasteiger partial charge in [0, 0.05) is 5.02 Å². The van der Waals surface area contributed by atoms with Gasteiger partial charge in [-0.3, -0.25) is 10.1 Å². The molecule has 92 valence electrons. The van der Waals surface area contributed by atoms with Gasteiger partial charge in [-0.05, 0) is 18.2 Å². The van der Waals surface area contributed by atoms with Gasteiger partial charge in [-0.25, -0.2) is 4.98 Å². The molecule has 0 amide bonds. The molecule has 0 saturated carbocycles. The first-order valence-electron chi connectivity index (χ1n) is 4.80. The molecule has 2 aromatic rings. The molecular weight excluding hydrogens is 279 g/mol. The molecule has 1 heterocycles.